The molecule has 1 nitrogen and oxygen atoms in total. The first-order chi connectivity index (χ1) is 8.81. The van der Waals surface area contributed by atoms with E-state index in [2.05, 4.69) is 51.2 Å². The molecule has 1 heterocycles. The SMILES string of the molecule is Brc1ccc2c(c1)CCC(NC1CCCSC1)C2. The molecule has 0 bridgehead atoms. The molecule has 1 aliphatic heterocycles. The quantitative estimate of drug-likeness (QED) is 0.887. The largest absolute Gasteiger partial charge is 0.310 e. The third kappa shape index (κ3) is 3.12. The summed E-state index contributed by atoms with van der Waals surface area (Å²) in [7, 11) is 0. The summed E-state index contributed by atoms with van der Waals surface area (Å²) in [5.74, 6) is 2.67. The zero-order valence-corrected chi connectivity index (χ0v) is 13.0. The van der Waals surface area contributed by atoms with Gasteiger partial charge < -0.3 is 5.32 Å². The second-order valence-electron chi connectivity index (χ2n) is 5.43. The highest BCUT2D eigenvalue weighted by molar-refractivity contribution is 9.10. The number of hydrogen-bond donors (Lipinski definition) is 1. The molecule has 3 rings (SSSR count). The van der Waals surface area contributed by atoms with E-state index < -0.39 is 0 Å². The molecular formula is C15H20BrNS. The van der Waals surface area contributed by atoms with Gasteiger partial charge in [0.1, 0.15) is 0 Å². The Morgan fingerprint density at radius 2 is 2.11 bits per heavy atom. The molecule has 2 atom stereocenters. The monoisotopic (exact) mass is 325 g/mol. The molecule has 0 saturated carbocycles. The molecule has 2 unspecified atom stereocenters. The number of fused-ring (bicyclic) bond motifs is 1. The molecule has 1 fully saturated rings. The van der Waals surface area contributed by atoms with Crippen molar-refractivity contribution in [2.24, 2.45) is 0 Å². The van der Waals surface area contributed by atoms with Crippen molar-refractivity contribution in [1.82, 2.24) is 5.32 Å². The molecule has 0 aromatic heterocycles. The normalized spacial score (nSPS) is 27.8. The molecule has 1 aliphatic carbocycles. The fourth-order valence-corrected chi connectivity index (χ4v) is 4.56. The van der Waals surface area contributed by atoms with Crippen LogP contribution < -0.4 is 5.32 Å². The first kappa shape index (κ1) is 13.0. The molecule has 98 valence electrons. The van der Waals surface area contributed by atoms with Crippen molar-refractivity contribution < 1.29 is 0 Å². The van der Waals surface area contributed by atoms with Crippen LogP contribution in [-0.4, -0.2) is 23.6 Å². The molecule has 1 aromatic rings. The lowest BCUT2D eigenvalue weighted by molar-refractivity contribution is 0.392. The minimum atomic E-state index is 0.697. The van der Waals surface area contributed by atoms with Gasteiger partial charge in [-0.25, -0.2) is 0 Å². The van der Waals surface area contributed by atoms with Crippen LogP contribution in [0.25, 0.3) is 0 Å². The van der Waals surface area contributed by atoms with Gasteiger partial charge in [0.05, 0.1) is 0 Å². The van der Waals surface area contributed by atoms with Crippen LogP contribution >= 0.6 is 27.7 Å². The molecule has 1 saturated heterocycles. The number of aryl methyl sites for hydroxylation is 1. The summed E-state index contributed by atoms with van der Waals surface area (Å²) in [5, 5.41) is 3.88. The first-order valence-corrected chi connectivity index (χ1v) is 8.87. The second kappa shape index (κ2) is 5.98. The predicted molar refractivity (Wildman–Crippen MR) is 83.4 cm³/mol. The van der Waals surface area contributed by atoms with Crippen molar-refractivity contribution in [2.75, 3.05) is 11.5 Å². The summed E-state index contributed by atoms with van der Waals surface area (Å²) in [6, 6.07) is 8.22. The van der Waals surface area contributed by atoms with E-state index in [1.807, 2.05) is 0 Å². The third-order valence-electron chi connectivity index (χ3n) is 4.03. The molecular weight excluding hydrogens is 306 g/mol. The summed E-state index contributed by atoms with van der Waals surface area (Å²) < 4.78 is 1.22. The van der Waals surface area contributed by atoms with E-state index in [9.17, 15) is 0 Å². The Morgan fingerprint density at radius 1 is 1.17 bits per heavy atom. The zero-order chi connectivity index (χ0) is 12.4. The average Bonchev–Trinajstić information content (AvgIpc) is 2.40. The van der Waals surface area contributed by atoms with Crippen LogP contribution in [0.2, 0.25) is 0 Å². The number of benzene rings is 1. The Kier molecular flexibility index (Phi) is 4.32. The summed E-state index contributed by atoms with van der Waals surface area (Å²) in [6.45, 7) is 0. The minimum absolute atomic E-state index is 0.697. The van der Waals surface area contributed by atoms with Crippen LogP contribution in [0.1, 0.15) is 30.4 Å². The summed E-state index contributed by atoms with van der Waals surface area (Å²) in [4.78, 5) is 0. The fraction of sp³-hybridized carbons (Fsp3) is 0.600. The standard InChI is InChI=1S/C15H20BrNS/c16-13-5-3-12-9-14(6-4-11(12)8-13)17-15-2-1-7-18-10-15/h3,5,8,14-15,17H,1-2,4,6-7,9-10H2. The van der Waals surface area contributed by atoms with Crippen molar-refractivity contribution in [3.8, 4) is 0 Å². The Labute approximate surface area is 122 Å². The van der Waals surface area contributed by atoms with Gasteiger partial charge in [-0.3, -0.25) is 0 Å². The summed E-state index contributed by atoms with van der Waals surface area (Å²) >= 11 is 5.68. The molecule has 1 N–H and O–H groups in total. The smallest absolute Gasteiger partial charge is 0.0178 e. The Hall–Kier alpha value is 0.01000. The summed E-state index contributed by atoms with van der Waals surface area (Å²) in [5.41, 5.74) is 3.09. The summed E-state index contributed by atoms with van der Waals surface area (Å²) in [6.07, 6.45) is 6.50. The van der Waals surface area contributed by atoms with E-state index in [0.29, 0.717) is 6.04 Å². The number of thioether (sulfide) groups is 1. The van der Waals surface area contributed by atoms with Gasteiger partial charge in [-0.2, -0.15) is 11.8 Å². The maximum Gasteiger partial charge on any atom is 0.0178 e. The van der Waals surface area contributed by atoms with Crippen molar-refractivity contribution in [3.63, 3.8) is 0 Å². The van der Waals surface area contributed by atoms with E-state index in [-0.39, 0.29) is 0 Å². The van der Waals surface area contributed by atoms with E-state index in [4.69, 9.17) is 0 Å². The second-order valence-corrected chi connectivity index (χ2v) is 7.50. The van der Waals surface area contributed by atoms with Crippen molar-refractivity contribution in [2.45, 2.75) is 44.2 Å². The Balaban J connectivity index is 1.62. The number of hydrogen-bond acceptors (Lipinski definition) is 2. The van der Waals surface area contributed by atoms with Gasteiger partial charge in [0.2, 0.25) is 0 Å². The van der Waals surface area contributed by atoms with E-state index in [0.717, 1.165) is 6.04 Å². The van der Waals surface area contributed by atoms with Gasteiger partial charge in [-0.1, -0.05) is 22.0 Å². The lowest BCUT2D eigenvalue weighted by atomic mass is 9.88. The number of halogens is 1. The molecule has 3 heteroatoms. The van der Waals surface area contributed by atoms with Gasteiger partial charge in [0, 0.05) is 22.3 Å². The van der Waals surface area contributed by atoms with Crippen LogP contribution in [0, 0.1) is 0 Å². The van der Waals surface area contributed by atoms with Crippen LogP contribution in [0.3, 0.4) is 0 Å². The Bertz CT molecular complexity index is 415. The third-order valence-corrected chi connectivity index (χ3v) is 5.74. The van der Waals surface area contributed by atoms with Crippen LogP contribution in [0.5, 0.6) is 0 Å². The van der Waals surface area contributed by atoms with E-state index in [1.54, 1.807) is 11.1 Å². The van der Waals surface area contributed by atoms with Gasteiger partial charge in [-0.05, 0) is 61.1 Å². The highest BCUT2D eigenvalue weighted by atomic mass is 79.9. The highest BCUT2D eigenvalue weighted by Gasteiger charge is 2.22. The number of nitrogens with one attached hydrogen (secondary N) is 1. The molecule has 0 amide bonds. The minimum Gasteiger partial charge on any atom is -0.310 e. The molecule has 18 heavy (non-hydrogen) atoms. The lowest BCUT2D eigenvalue weighted by Crippen LogP contribution is -2.43. The molecule has 0 radical (unpaired) electrons. The topological polar surface area (TPSA) is 12.0 Å². The van der Waals surface area contributed by atoms with E-state index >= 15 is 0 Å². The fourth-order valence-electron chi connectivity index (χ4n) is 3.07. The molecule has 1 aromatic carbocycles. The maximum absolute atomic E-state index is 3.88. The van der Waals surface area contributed by atoms with Crippen LogP contribution in [0.4, 0.5) is 0 Å². The van der Waals surface area contributed by atoms with Gasteiger partial charge in [0.15, 0.2) is 0 Å². The number of rotatable bonds is 2. The lowest BCUT2D eigenvalue weighted by Gasteiger charge is -2.31. The van der Waals surface area contributed by atoms with Gasteiger partial charge in [-0.15, -0.1) is 0 Å². The first-order valence-electron chi connectivity index (χ1n) is 6.92. The van der Waals surface area contributed by atoms with Crippen molar-refractivity contribution in [3.05, 3.63) is 33.8 Å². The molecule has 2 aliphatic rings. The zero-order valence-electron chi connectivity index (χ0n) is 10.6. The van der Waals surface area contributed by atoms with Crippen LogP contribution in [-0.2, 0) is 12.8 Å². The van der Waals surface area contributed by atoms with Gasteiger partial charge >= 0.3 is 0 Å². The highest BCUT2D eigenvalue weighted by Crippen LogP contribution is 2.26. The maximum atomic E-state index is 3.88. The van der Waals surface area contributed by atoms with E-state index in [1.165, 1.54) is 48.1 Å². The van der Waals surface area contributed by atoms with Crippen molar-refractivity contribution >= 4 is 27.7 Å². The Morgan fingerprint density at radius 3 is 2.94 bits per heavy atom. The molecule has 0 spiro atoms. The predicted octanol–water partition coefficient (Wildman–Crippen LogP) is 3.79. The average molecular weight is 326 g/mol. The van der Waals surface area contributed by atoms with Gasteiger partial charge in [0.25, 0.3) is 0 Å². The van der Waals surface area contributed by atoms with Crippen LogP contribution in [0.15, 0.2) is 22.7 Å². The van der Waals surface area contributed by atoms with Crippen molar-refractivity contribution in [1.29, 1.82) is 0 Å².